The molecule has 23 heteroatoms. The Bertz CT molecular complexity index is 2490. The van der Waals surface area contributed by atoms with Gasteiger partial charge in [0.05, 0.1) is 12.4 Å². The van der Waals surface area contributed by atoms with Crippen LogP contribution in [0.15, 0.2) is 78.3 Å². The number of H-pyrrole nitrogens is 2. The second-order valence-corrected chi connectivity index (χ2v) is 17.7. The lowest BCUT2D eigenvalue weighted by molar-refractivity contribution is -0.138. The number of likely N-dealkylation sites (tertiary alicyclic amines) is 1. The molecule has 2 aromatic carbocycles. The van der Waals surface area contributed by atoms with Crippen molar-refractivity contribution >= 4 is 64.1 Å². The molecule has 1 saturated heterocycles. The van der Waals surface area contributed by atoms with E-state index < -0.39 is 83.7 Å². The number of amides is 8. The van der Waals surface area contributed by atoms with Crippen molar-refractivity contribution < 1.29 is 43.5 Å². The zero-order chi connectivity index (χ0) is 51.6. The van der Waals surface area contributed by atoms with Crippen LogP contribution < -0.4 is 48.7 Å². The summed E-state index contributed by atoms with van der Waals surface area (Å²) in [6.45, 7) is 4.73. The van der Waals surface area contributed by atoms with Crippen LogP contribution in [0.3, 0.4) is 0 Å². The number of aliphatic hydroxyl groups excluding tert-OH is 1. The molecule has 71 heavy (non-hydrogen) atoms. The topological polar surface area (TPSA) is 353 Å². The third kappa shape index (κ3) is 16.4. The van der Waals surface area contributed by atoms with E-state index in [9.17, 15) is 43.5 Å². The number of aromatic amines is 2. The van der Waals surface area contributed by atoms with Crippen LogP contribution >= 0.6 is 0 Å². The first-order valence-corrected chi connectivity index (χ1v) is 23.5. The van der Waals surface area contributed by atoms with Crippen LogP contribution in [0.25, 0.3) is 10.9 Å². The number of fused-ring (bicyclic) bond motifs is 1. The molecule has 3 heterocycles. The van der Waals surface area contributed by atoms with Gasteiger partial charge in [0.2, 0.25) is 47.3 Å². The summed E-state index contributed by atoms with van der Waals surface area (Å²) in [4.78, 5) is 125. The van der Waals surface area contributed by atoms with Gasteiger partial charge in [0, 0.05) is 87.8 Å². The average Bonchev–Trinajstić information content (AvgIpc) is 4.10. The maximum Gasteiger partial charge on any atom is 0.245 e. The van der Waals surface area contributed by atoms with Crippen molar-refractivity contribution in [3.63, 3.8) is 0 Å². The number of nitrogens with zero attached hydrogens (tertiary/aromatic N) is 3. The minimum absolute atomic E-state index is 0.0271. The van der Waals surface area contributed by atoms with Gasteiger partial charge in [-0.05, 0) is 56.7 Å². The normalized spacial score (nSPS) is 16.8. The molecule has 8 amide bonds. The van der Waals surface area contributed by atoms with Crippen molar-refractivity contribution in [2.24, 2.45) is 16.5 Å². The molecule has 0 saturated carbocycles. The van der Waals surface area contributed by atoms with E-state index in [4.69, 9.17) is 11.5 Å². The molecule has 14 N–H and O–H groups in total. The number of hydrogen-bond acceptors (Lipinski definition) is 11. The third-order valence-corrected chi connectivity index (χ3v) is 12.0. The fourth-order valence-electron chi connectivity index (χ4n) is 8.32. The van der Waals surface area contributed by atoms with Gasteiger partial charge in [0.1, 0.15) is 36.3 Å². The molecule has 23 nitrogen and oxygen atoms in total. The lowest BCUT2D eigenvalue weighted by Gasteiger charge is -2.28. The molecular formula is C48H66N14O9. The van der Waals surface area contributed by atoms with Crippen LogP contribution in [0.4, 0.5) is 0 Å². The average molecular weight is 983 g/mol. The Morgan fingerprint density at radius 2 is 1.37 bits per heavy atom. The molecule has 2 aromatic heterocycles. The summed E-state index contributed by atoms with van der Waals surface area (Å²) in [6.07, 6.45) is 3.98. The van der Waals surface area contributed by atoms with Crippen molar-refractivity contribution in [2.45, 2.75) is 121 Å². The van der Waals surface area contributed by atoms with Gasteiger partial charge >= 0.3 is 0 Å². The molecule has 0 radical (unpaired) electrons. The van der Waals surface area contributed by atoms with Gasteiger partial charge in [-0.15, -0.1) is 0 Å². The van der Waals surface area contributed by atoms with Crippen LogP contribution in [0, 0.1) is 0 Å². The third-order valence-electron chi connectivity index (χ3n) is 12.0. The summed E-state index contributed by atoms with van der Waals surface area (Å²) in [5.74, 6) is -5.33. The standard InChI is InChI=1S/C48H66N14O9/c1-27-19-33(64)25-62(27)47(71)28(2)56-44(68)39(21-31-23-54-35-14-9-8-13-34(31)35)60-42(66)36(15-10-18-53-48(49)50)58-45(69)38(20-30-11-6-5-7-12-30)59-46(70)40(22-32-24-52-26-55-32)61-43(67)37(57-29(3)63)16-17-41(65)51-4/h5-9,11-14,23-24,26-28,33,36-40,54,64H,10,15-22,25H2,1-4H3,(H,51,65)(H,52,55)(H,56,68)(H,57,63)(H,58,69)(H,59,70)(H,60,66)(H,61,67)(H4,49,50,53)/t27-,28+,33-,36+,37+,38-,39+,40+/m1/s1. The Balaban J connectivity index is 1.43. The number of nitrogens with two attached hydrogens (primary N) is 2. The van der Waals surface area contributed by atoms with Crippen LogP contribution in [0.5, 0.6) is 0 Å². The molecular weight excluding hydrogens is 917 g/mol. The number of imidazole rings is 1. The van der Waals surface area contributed by atoms with Gasteiger partial charge in [0.15, 0.2) is 5.96 Å². The first-order chi connectivity index (χ1) is 33.9. The fourth-order valence-corrected chi connectivity index (χ4v) is 8.32. The maximum absolute atomic E-state index is 14.6. The highest BCUT2D eigenvalue weighted by Gasteiger charge is 2.37. The minimum atomic E-state index is -1.36. The van der Waals surface area contributed by atoms with Gasteiger partial charge in [-0.2, -0.15) is 0 Å². The first-order valence-electron chi connectivity index (χ1n) is 23.5. The zero-order valence-corrected chi connectivity index (χ0v) is 40.3. The van der Waals surface area contributed by atoms with Crippen LogP contribution in [0.2, 0.25) is 0 Å². The Morgan fingerprint density at radius 1 is 0.775 bits per heavy atom. The molecule has 0 spiro atoms. The smallest absolute Gasteiger partial charge is 0.245 e. The molecule has 1 aliphatic rings. The number of guanidine groups is 1. The van der Waals surface area contributed by atoms with Crippen molar-refractivity contribution in [1.29, 1.82) is 0 Å². The number of benzene rings is 2. The Kier molecular flexibility index (Phi) is 20.0. The number of para-hydroxylation sites is 1. The zero-order valence-electron chi connectivity index (χ0n) is 40.3. The second kappa shape index (κ2) is 26.2. The molecule has 0 aliphatic carbocycles. The number of aromatic nitrogens is 3. The number of aliphatic hydroxyl groups is 1. The highest BCUT2D eigenvalue weighted by molar-refractivity contribution is 5.98. The Hall–Kier alpha value is -7.82. The van der Waals surface area contributed by atoms with Crippen LogP contribution in [-0.4, -0.2) is 147 Å². The molecule has 0 unspecified atom stereocenters. The van der Waals surface area contributed by atoms with Gasteiger partial charge in [-0.3, -0.25) is 43.3 Å². The lowest BCUT2D eigenvalue weighted by atomic mass is 10.0. The minimum Gasteiger partial charge on any atom is -0.391 e. The predicted molar refractivity (Wildman–Crippen MR) is 262 cm³/mol. The van der Waals surface area contributed by atoms with Gasteiger partial charge in [-0.25, -0.2) is 4.98 Å². The van der Waals surface area contributed by atoms with E-state index in [1.807, 2.05) is 31.2 Å². The van der Waals surface area contributed by atoms with Crippen LogP contribution in [-0.2, 0) is 57.6 Å². The number of carbonyl (C=O) groups excluding carboxylic acids is 8. The predicted octanol–water partition coefficient (Wildman–Crippen LogP) is -1.57. The van der Waals surface area contributed by atoms with Crippen molar-refractivity contribution in [1.82, 2.24) is 57.1 Å². The van der Waals surface area contributed by atoms with Gasteiger partial charge < -0.3 is 68.7 Å². The number of rotatable bonds is 25. The quantitative estimate of drug-likeness (QED) is 0.0204. The molecule has 0 bridgehead atoms. The van der Waals surface area contributed by atoms with E-state index in [0.29, 0.717) is 23.2 Å². The summed E-state index contributed by atoms with van der Waals surface area (Å²) in [7, 11) is 1.43. The Labute approximate surface area is 410 Å². The highest BCUT2D eigenvalue weighted by Crippen LogP contribution is 2.21. The molecule has 5 rings (SSSR count). The number of β-amino-alcohol motifs (C(OH)–C–C–N with tert-alkyl or cyclic N) is 1. The number of carbonyl (C=O) groups is 8. The van der Waals surface area contributed by atoms with Crippen LogP contribution in [0.1, 0.15) is 69.7 Å². The molecule has 4 aromatic rings. The van der Waals surface area contributed by atoms with Crippen molar-refractivity contribution in [3.8, 4) is 0 Å². The second-order valence-electron chi connectivity index (χ2n) is 17.7. The van der Waals surface area contributed by atoms with Gasteiger partial charge in [-0.1, -0.05) is 48.5 Å². The summed E-state index contributed by atoms with van der Waals surface area (Å²) in [6, 6.07) is 8.34. The lowest BCUT2D eigenvalue weighted by Crippen LogP contribution is -2.60. The number of nitrogens with one attached hydrogen (secondary N) is 9. The molecule has 382 valence electrons. The first kappa shape index (κ1) is 54.1. The van der Waals surface area contributed by atoms with E-state index >= 15 is 0 Å². The summed E-state index contributed by atoms with van der Waals surface area (Å²) < 4.78 is 0. The molecule has 8 atom stereocenters. The summed E-state index contributed by atoms with van der Waals surface area (Å²) >= 11 is 0. The van der Waals surface area contributed by atoms with E-state index in [1.165, 1.54) is 38.3 Å². The SMILES string of the molecule is CNC(=O)CC[C@H](NC(C)=O)C(=O)N[C@@H](Cc1cnc[nH]1)C(=O)N[C@H](Cc1ccccc1)C(=O)N[C@@H](CCCN=C(N)N)C(=O)N[C@@H](Cc1c[nH]c2ccccc12)C(=O)N[C@@H](C)C(=O)N1C[C@H](O)C[C@H]1C. The van der Waals surface area contributed by atoms with Crippen molar-refractivity contribution in [3.05, 3.63) is 90.1 Å². The number of hydrogen-bond donors (Lipinski definition) is 12. The summed E-state index contributed by atoms with van der Waals surface area (Å²) in [5, 5.41) is 29.8. The van der Waals surface area contributed by atoms with E-state index in [2.05, 4.69) is 57.2 Å². The fraction of sp³-hybridized carbons (Fsp3) is 0.458. The highest BCUT2D eigenvalue weighted by atomic mass is 16.3. The largest absolute Gasteiger partial charge is 0.391 e. The number of aliphatic imine (C=N–C) groups is 1. The van der Waals surface area contributed by atoms with Crippen molar-refractivity contribution in [2.75, 3.05) is 20.1 Å². The maximum atomic E-state index is 14.6. The van der Waals surface area contributed by atoms with E-state index in [-0.39, 0.29) is 75.9 Å². The Morgan fingerprint density at radius 3 is 1.97 bits per heavy atom. The van der Waals surface area contributed by atoms with E-state index in [0.717, 1.165) is 10.9 Å². The molecule has 1 fully saturated rings. The van der Waals surface area contributed by atoms with E-state index in [1.54, 1.807) is 36.5 Å². The monoisotopic (exact) mass is 983 g/mol. The van der Waals surface area contributed by atoms with Gasteiger partial charge in [0.25, 0.3) is 0 Å². The summed E-state index contributed by atoms with van der Waals surface area (Å²) in [5.41, 5.74) is 13.7. The molecule has 1 aliphatic heterocycles.